The Morgan fingerprint density at radius 3 is 2.62 bits per heavy atom. The van der Waals surface area contributed by atoms with Crippen LogP contribution in [-0.2, 0) is 16.6 Å². The predicted octanol–water partition coefficient (Wildman–Crippen LogP) is 2.81. The minimum Gasteiger partial charge on any atom is -0.309 e. The minimum atomic E-state index is -3.28. The van der Waals surface area contributed by atoms with E-state index in [9.17, 15) is 8.42 Å². The maximum Gasteiger partial charge on any atom is 0.243 e. The first kappa shape index (κ1) is 15.5. The van der Waals surface area contributed by atoms with E-state index in [1.165, 1.54) is 12.8 Å². The summed E-state index contributed by atoms with van der Waals surface area (Å²) in [6, 6.07) is 2.50. The quantitative estimate of drug-likeness (QED) is 0.873. The summed E-state index contributed by atoms with van der Waals surface area (Å²) in [6.45, 7) is 4.33. The van der Waals surface area contributed by atoms with Crippen molar-refractivity contribution in [2.45, 2.75) is 56.5 Å². The maximum atomic E-state index is 12.7. The Labute approximate surface area is 131 Å². The van der Waals surface area contributed by atoms with Gasteiger partial charge in [-0.1, -0.05) is 13.3 Å². The monoisotopic (exact) mass is 328 g/mol. The summed E-state index contributed by atoms with van der Waals surface area (Å²) >= 11 is 1.55. The van der Waals surface area contributed by atoms with Gasteiger partial charge in [0.1, 0.15) is 0 Å². The molecular weight excluding hydrogens is 304 g/mol. The van der Waals surface area contributed by atoms with Gasteiger partial charge in [0.15, 0.2) is 0 Å². The van der Waals surface area contributed by atoms with Gasteiger partial charge in [-0.25, -0.2) is 8.42 Å². The molecule has 0 bridgehead atoms. The molecule has 1 saturated heterocycles. The first-order valence-corrected chi connectivity index (χ1v) is 10.2. The van der Waals surface area contributed by atoms with Crippen molar-refractivity contribution in [1.29, 1.82) is 0 Å². The van der Waals surface area contributed by atoms with Gasteiger partial charge >= 0.3 is 0 Å². The Balaban J connectivity index is 1.63. The number of nitrogens with one attached hydrogen (secondary N) is 1. The van der Waals surface area contributed by atoms with E-state index >= 15 is 0 Å². The molecule has 2 heterocycles. The fraction of sp³-hybridized carbons (Fsp3) is 0.733. The second-order valence-electron chi connectivity index (χ2n) is 6.16. The van der Waals surface area contributed by atoms with Crippen molar-refractivity contribution in [1.82, 2.24) is 9.62 Å². The molecule has 0 atom stereocenters. The molecule has 1 N–H and O–H groups in total. The summed E-state index contributed by atoms with van der Waals surface area (Å²) in [6.07, 6.45) is 5.65. The van der Waals surface area contributed by atoms with Gasteiger partial charge in [0.25, 0.3) is 0 Å². The molecule has 21 heavy (non-hydrogen) atoms. The number of hydrogen-bond acceptors (Lipinski definition) is 4. The van der Waals surface area contributed by atoms with E-state index in [2.05, 4.69) is 12.2 Å². The third kappa shape index (κ3) is 3.67. The van der Waals surface area contributed by atoms with Crippen LogP contribution in [0.25, 0.3) is 0 Å². The molecule has 2 aliphatic rings. The van der Waals surface area contributed by atoms with Crippen LogP contribution in [0, 0.1) is 5.92 Å². The van der Waals surface area contributed by atoms with Gasteiger partial charge in [-0.15, -0.1) is 11.3 Å². The molecule has 4 nitrogen and oxygen atoms in total. The molecule has 0 amide bonds. The van der Waals surface area contributed by atoms with Crippen molar-refractivity contribution in [3.8, 4) is 0 Å². The van der Waals surface area contributed by atoms with E-state index in [-0.39, 0.29) is 0 Å². The molecule has 3 rings (SSSR count). The lowest BCUT2D eigenvalue weighted by molar-refractivity contribution is 0.269. The summed E-state index contributed by atoms with van der Waals surface area (Å²) in [5, 5.41) is 5.23. The van der Waals surface area contributed by atoms with Crippen molar-refractivity contribution >= 4 is 21.4 Å². The summed E-state index contributed by atoms with van der Waals surface area (Å²) in [5.41, 5.74) is 0. The van der Waals surface area contributed by atoms with Crippen LogP contribution < -0.4 is 5.32 Å². The molecular formula is C15H24N2O2S2. The van der Waals surface area contributed by atoms with E-state index in [0.717, 1.165) is 30.7 Å². The highest BCUT2D eigenvalue weighted by molar-refractivity contribution is 7.89. The van der Waals surface area contributed by atoms with Crippen LogP contribution in [0.4, 0.5) is 0 Å². The smallest absolute Gasteiger partial charge is 0.243 e. The summed E-state index contributed by atoms with van der Waals surface area (Å²) in [4.78, 5) is 1.60. The largest absolute Gasteiger partial charge is 0.309 e. The SMILES string of the molecule is CCC1CCN(S(=O)(=O)c2csc(CNC3CC3)c2)CC1. The van der Waals surface area contributed by atoms with Gasteiger partial charge in [-0.2, -0.15) is 4.31 Å². The third-order valence-corrected chi connectivity index (χ3v) is 7.52. The van der Waals surface area contributed by atoms with E-state index in [1.54, 1.807) is 21.0 Å². The first-order valence-electron chi connectivity index (χ1n) is 7.90. The van der Waals surface area contributed by atoms with Gasteiger partial charge in [-0.05, 0) is 37.7 Å². The van der Waals surface area contributed by atoms with Gasteiger partial charge in [0.2, 0.25) is 10.0 Å². The van der Waals surface area contributed by atoms with E-state index < -0.39 is 10.0 Å². The zero-order chi connectivity index (χ0) is 14.9. The van der Waals surface area contributed by atoms with Crippen LogP contribution >= 0.6 is 11.3 Å². The fourth-order valence-electron chi connectivity index (χ4n) is 2.83. The van der Waals surface area contributed by atoms with E-state index in [0.29, 0.717) is 29.9 Å². The molecule has 0 aromatic carbocycles. The topological polar surface area (TPSA) is 49.4 Å². The van der Waals surface area contributed by atoms with Crippen molar-refractivity contribution in [3.05, 3.63) is 16.3 Å². The number of sulfonamides is 1. The molecule has 1 aromatic rings. The van der Waals surface area contributed by atoms with Gasteiger partial charge in [0, 0.05) is 35.9 Å². The Morgan fingerprint density at radius 1 is 1.29 bits per heavy atom. The number of nitrogens with zero attached hydrogens (tertiary/aromatic N) is 1. The Bertz CT molecular complexity index is 570. The minimum absolute atomic E-state index is 0.482. The standard InChI is InChI=1S/C15H24N2O2S2/c1-2-12-5-7-17(8-6-12)21(18,19)15-9-14(20-11-15)10-16-13-3-4-13/h9,11-13,16H,2-8,10H2,1H3. The van der Waals surface area contributed by atoms with E-state index in [1.807, 2.05) is 6.07 Å². The average molecular weight is 329 g/mol. The van der Waals surface area contributed by atoms with E-state index in [4.69, 9.17) is 0 Å². The highest BCUT2D eigenvalue weighted by atomic mass is 32.2. The van der Waals surface area contributed by atoms with Crippen molar-refractivity contribution in [3.63, 3.8) is 0 Å². The zero-order valence-corrected chi connectivity index (χ0v) is 14.2. The Hall–Kier alpha value is -0.430. The molecule has 0 spiro atoms. The lowest BCUT2D eigenvalue weighted by atomic mass is 9.96. The van der Waals surface area contributed by atoms with Crippen LogP contribution in [0.2, 0.25) is 0 Å². The van der Waals surface area contributed by atoms with Gasteiger partial charge < -0.3 is 5.32 Å². The number of hydrogen-bond donors (Lipinski definition) is 1. The zero-order valence-electron chi connectivity index (χ0n) is 12.5. The highest BCUT2D eigenvalue weighted by Gasteiger charge is 2.29. The Kier molecular flexibility index (Phi) is 4.69. The van der Waals surface area contributed by atoms with Gasteiger partial charge in [-0.3, -0.25) is 0 Å². The van der Waals surface area contributed by atoms with Gasteiger partial charge in [0.05, 0.1) is 4.90 Å². The molecule has 1 aromatic heterocycles. The van der Waals surface area contributed by atoms with Crippen molar-refractivity contribution in [2.75, 3.05) is 13.1 Å². The first-order chi connectivity index (χ1) is 10.1. The number of rotatable bonds is 6. The molecule has 0 unspecified atom stereocenters. The van der Waals surface area contributed by atoms with Crippen LogP contribution in [0.5, 0.6) is 0 Å². The molecule has 2 fully saturated rings. The second-order valence-corrected chi connectivity index (χ2v) is 9.09. The van der Waals surface area contributed by atoms with Crippen molar-refractivity contribution in [2.24, 2.45) is 5.92 Å². The average Bonchev–Trinajstić information content (AvgIpc) is 3.21. The third-order valence-electron chi connectivity index (χ3n) is 4.56. The summed E-state index contributed by atoms with van der Waals surface area (Å²) in [5.74, 6) is 0.692. The normalized spacial score (nSPS) is 21.8. The van der Waals surface area contributed by atoms with Crippen molar-refractivity contribution < 1.29 is 8.42 Å². The number of piperidine rings is 1. The molecule has 1 aliphatic heterocycles. The summed E-state index contributed by atoms with van der Waals surface area (Å²) in [7, 11) is -3.28. The lowest BCUT2D eigenvalue weighted by Gasteiger charge is -2.30. The molecule has 1 saturated carbocycles. The fourth-order valence-corrected chi connectivity index (χ4v) is 5.51. The molecule has 1 aliphatic carbocycles. The second kappa shape index (κ2) is 6.36. The lowest BCUT2D eigenvalue weighted by Crippen LogP contribution is -2.38. The number of thiophene rings is 1. The van der Waals surface area contributed by atoms with Crippen LogP contribution in [0.15, 0.2) is 16.3 Å². The molecule has 0 radical (unpaired) electrons. The predicted molar refractivity (Wildman–Crippen MR) is 86.0 cm³/mol. The molecule has 6 heteroatoms. The maximum absolute atomic E-state index is 12.7. The summed E-state index contributed by atoms with van der Waals surface area (Å²) < 4.78 is 27.0. The van der Waals surface area contributed by atoms with Crippen LogP contribution in [0.1, 0.15) is 43.9 Å². The molecule has 118 valence electrons. The van der Waals surface area contributed by atoms with Crippen LogP contribution in [-0.4, -0.2) is 31.9 Å². The van der Waals surface area contributed by atoms with Crippen LogP contribution in [0.3, 0.4) is 0 Å². The Morgan fingerprint density at radius 2 is 2.00 bits per heavy atom. The highest BCUT2D eigenvalue weighted by Crippen LogP contribution is 2.28.